The second-order valence-electron chi connectivity index (χ2n) is 7.48. The van der Waals surface area contributed by atoms with Gasteiger partial charge in [0.05, 0.1) is 10.2 Å². The van der Waals surface area contributed by atoms with Crippen LogP contribution >= 0.6 is 11.3 Å². The average Bonchev–Trinajstić information content (AvgIpc) is 3.13. The third-order valence-electron chi connectivity index (χ3n) is 4.80. The largest absolute Gasteiger partial charge is 0.485 e. The Morgan fingerprint density at radius 2 is 1.97 bits per heavy atom. The summed E-state index contributed by atoms with van der Waals surface area (Å²) in [5, 5.41) is 0.705. The van der Waals surface area contributed by atoms with Crippen LogP contribution in [0.2, 0.25) is 0 Å². The van der Waals surface area contributed by atoms with Gasteiger partial charge in [-0.2, -0.15) is 0 Å². The molecule has 0 saturated heterocycles. The molecule has 3 aromatic rings. The molecule has 1 amide bonds. The standard InChI is InChI=1S/C22H25N3O3S/c1-15-9-10-16-20(13-15)29-22(23-16)25(12-6-11-24(2)3)21(26)19-14-27-17-7-4-5-8-18(17)28-19/h4-5,7-10,13,19H,6,11-12,14H2,1-3H3/t19-/m1/s1. The van der Waals surface area contributed by atoms with E-state index < -0.39 is 6.10 Å². The monoisotopic (exact) mass is 411 g/mol. The molecule has 152 valence electrons. The Morgan fingerprint density at radius 1 is 1.17 bits per heavy atom. The quantitative estimate of drug-likeness (QED) is 0.619. The first-order valence-corrected chi connectivity index (χ1v) is 10.5. The molecule has 1 aliphatic rings. The predicted octanol–water partition coefficient (Wildman–Crippen LogP) is 3.73. The molecule has 0 aliphatic carbocycles. The van der Waals surface area contributed by atoms with Crippen molar-refractivity contribution in [2.75, 3.05) is 38.7 Å². The van der Waals surface area contributed by atoms with Crippen LogP contribution in [-0.4, -0.2) is 55.7 Å². The van der Waals surface area contributed by atoms with Gasteiger partial charge in [-0.15, -0.1) is 0 Å². The SMILES string of the molecule is Cc1ccc2nc(N(CCCN(C)C)C(=O)[C@H]3COc4ccccc4O3)sc2c1. The van der Waals surface area contributed by atoms with Gasteiger partial charge in [0.2, 0.25) is 6.10 Å². The average molecular weight is 412 g/mol. The Kier molecular flexibility index (Phi) is 5.69. The van der Waals surface area contributed by atoms with Crippen LogP contribution in [0, 0.1) is 6.92 Å². The van der Waals surface area contributed by atoms with Gasteiger partial charge in [-0.25, -0.2) is 4.98 Å². The van der Waals surface area contributed by atoms with Crippen LogP contribution in [0.1, 0.15) is 12.0 Å². The minimum atomic E-state index is -0.682. The molecule has 0 bridgehead atoms. The van der Waals surface area contributed by atoms with Crippen molar-refractivity contribution in [1.82, 2.24) is 9.88 Å². The number of ether oxygens (including phenoxy) is 2. The van der Waals surface area contributed by atoms with E-state index in [0.29, 0.717) is 23.2 Å². The maximum absolute atomic E-state index is 13.4. The first-order chi connectivity index (χ1) is 14.0. The molecule has 0 spiro atoms. The van der Waals surface area contributed by atoms with Crippen LogP contribution in [0.15, 0.2) is 42.5 Å². The third-order valence-corrected chi connectivity index (χ3v) is 5.84. The Bertz CT molecular complexity index is 1020. The number of para-hydroxylation sites is 2. The number of thiazole rings is 1. The Balaban J connectivity index is 1.60. The van der Waals surface area contributed by atoms with Crippen molar-refractivity contribution < 1.29 is 14.3 Å². The molecule has 2 heterocycles. The zero-order chi connectivity index (χ0) is 20.4. The van der Waals surface area contributed by atoms with Crippen molar-refractivity contribution in [3.63, 3.8) is 0 Å². The van der Waals surface area contributed by atoms with E-state index >= 15 is 0 Å². The summed E-state index contributed by atoms with van der Waals surface area (Å²) in [6, 6.07) is 13.6. The van der Waals surface area contributed by atoms with Gasteiger partial charge >= 0.3 is 0 Å². The molecular weight excluding hydrogens is 386 g/mol. The molecule has 0 N–H and O–H groups in total. The molecule has 1 aromatic heterocycles. The summed E-state index contributed by atoms with van der Waals surface area (Å²) in [6.45, 7) is 3.73. The molecule has 0 saturated carbocycles. The summed E-state index contributed by atoms with van der Waals surface area (Å²) >= 11 is 1.54. The second-order valence-corrected chi connectivity index (χ2v) is 8.49. The maximum Gasteiger partial charge on any atom is 0.273 e. The van der Waals surface area contributed by atoms with E-state index in [-0.39, 0.29) is 12.5 Å². The Hall–Kier alpha value is -2.64. The van der Waals surface area contributed by atoms with Gasteiger partial charge in [0.15, 0.2) is 16.6 Å². The van der Waals surface area contributed by atoms with Gasteiger partial charge in [-0.1, -0.05) is 29.5 Å². The lowest BCUT2D eigenvalue weighted by Crippen LogP contribution is -2.47. The molecule has 2 aromatic carbocycles. The van der Waals surface area contributed by atoms with Gasteiger partial charge in [-0.3, -0.25) is 9.69 Å². The molecule has 0 unspecified atom stereocenters. The van der Waals surface area contributed by atoms with Crippen LogP contribution in [0.5, 0.6) is 11.5 Å². The van der Waals surface area contributed by atoms with E-state index in [1.807, 2.05) is 50.5 Å². The molecule has 0 radical (unpaired) electrons. The highest BCUT2D eigenvalue weighted by molar-refractivity contribution is 7.22. The van der Waals surface area contributed by atoms with E-state index in [4.69, 9.17) is 14.5 Å². The molecule has 1 atom stereocenters. The van der Waals surface area contributed by atoms with Gasteiger partial charge in [-0.05, 0) is 63.8 Å². The van der Waals surface area contributed by atoms with Gasteiger partial charge < -0.3 is 14.4 Å². The summed E-state index contributed by atoms with van der Waals surface area (Å²) in [5.74, 6) is 1.16. The van der Waals surface area contributed by atoms with Crippen molar-refractivity contribution >= 4 is 32.6 Å². The fourth-order valence-electron chi connectivity index (χ4n) is 3.30. The normalized spacial score (nSPS) is 15.7. The highest BCUT2D eigenvalue weighted by atomic mass is 32.1. The number of fused-ring (bicyclic) bond motifs is 2. The number of benzene rings is 2. The summed E-state index contributed by atoms with van der Waals surface area (Å²) in [6.07, 6.45) is 0.163. The van der Waals surface area contributed by atoms with Crippen molar-refractivity contribution in [2.24, 2.45) is 0 Å². The first kappa shape index (κ1) is 19.7. The second kappa shape index (κ2) is 8.39. The molecule has 29 heavy (non-hydrogen) atoms. The molecular formula is C22H25N3O3S. The molecule has 6 nitrogen and oxygen atoms in total. The number of hydrogen-bond donors (Lipinski definition) is 0. The number of aryl methyl sites for hydroxylation is 1. The number of hydrogen-bond acceptors (Lipinski definition) is 6. The van der Waals surface area contributed by atoms with Crippen LogP contribution in [0.4, 0.5) is 5.13 Å². The lowest BCUT2D eigenvalue weighted by atomic mass is 10.2. The van der Waals surface area contributed by atoms with E-state index in [9.17, 15) is 4.79 Å². The van der Waals surface area contributed by atoms with Crippen molar-refractivity contribution in [2.45, 2.75) is 19.4 Å². The molecule has 4 rings (SSSR count). The highest BCUT2D eigenvalue weighted by Gasteiger charge is 2.33. The van der Waals surface area contributed by atoms with Crippen LogP contribution < -0.4 is 14.4 Å². The minimum absolute atomic E-state index is 0.117. The number of anilines is 1. The summed E-state index contributed by atoms with van der Waals surface area (Å²) in [5.41, 5.74) is 2.09. The van der Waals surface area contributed by atoms with Crippen LogP contribution in [-0.2, 0) is 4.79 Å². The maximum atomic E-state index is 13.4. The number of rotatable bonds is 6. The number of carbonyl (C=O) groups excluding carboxylic acids is 1. The highest BCUT2D eigenvalue weighted by Crippen LogP contribution is 2.33. The Morgan fingerprint density at radius 3 is 2.76 bits per heavy atom. The lowest BCUT2D eigenvalue weighted by Gasteiger charge is -2.29. The number of amides is 1. The minimum Gasteiger partial charge on any atom is -0.485 e. The van der Waals surface area contributed by atoms with Gasteiger partial charge in [0.25, 0.3) is 5.91 Å². The summed E-state index contributed by atoms with van der Waals surface area (Å²) in [4.78, 5) is 22.0. The summed E-state index contributed by atoms with van der Waals surface area (Å²) < 4.78 is 12.8. The number of aromatic nitrogens is 1. The van der Waals surface area contributed by atoms with Crippen molar-refractivity contribution in [3.8, 4) is 11.5 Å². The summed E-state index contributed by atoms with van der Waals surface area (Å²) in [7, 11) is 4.06. The fourth-order valence-corrected chi connectivity index (χ4v) is 4.39. The number of carbonyl (C=O) groups is 1. The van der Waals surface area contributed by atoms with Gasteiger partial charge in [0.1, 0.15) is 6.61 Å². The van der Waals surface area contributed by atoms with E-state index in [1.54, 1.807) is 16.2 Å². The molecule has 0 fully saturated rings. The molecule has 1 aliphatic heterocycles. The topological polar surface area (TPSA) is 54.9 Å². The van der Waals surface area contributed by atoms with Crippen LogP contribution in [0.3, 0.4) is 0 Å². The zero-order valence-corrected chi connectivity index (χ0v) is 17.7. The van der Waals surface area contributed by atoms with Gasteiger partial charge in [0, 0.05) is 6.54 Å². The van der Waals surface area contributed by atoms with E-state index in [0.717, 1.165) is 23.2 Å². The lowest BCUT2D eigenvalue weighted by molar-refractivity contribution is -0.127. The Labute approximate surface area is 174 Å². The predicted molar refractivity (Wildman–Crippen MR) is 116 cm³/mol. The van der Waals surface area contributed by atoms with E-state index in [1.165, 1.54) is 5.56 Å². The molecule has 7 heteroatoms. The van der Waals surface area contributed by atoms with E-state index in [2.05, 4.69) is 17.9 Å². The van der Waals surface area contributed by atoms with Crippen molar-refractivity contribution in [1.29, 1.82) is 0 Å². The van der Waals surface area contributed by atoms with Crippen molar-refractivity contribution in [3.05, 3.63) is 48.0 Å². The smallest absolute Gasteiger partial charge is 0.273 e. The zero-order valence-electron chi connectivity index (χ0n) is 16.9. The third kappa shape index (κ3) is 4.36. The number of nitrogens with zero attached hydrogens (tertiary/aromatic N) is 3. The van der Waals surface area contributed by atoms with Crippen LogP contribution in [0.25, 0.3) is 10.2 Å². The fraction of sp³-hybridized carbons (Fsp3) is 0.364. The first-order valence-electron chi connectivity index (χ1n) is 9.73.